The summed E-state index contributed by atoms with van der Waals surface area (Å²) in [5.74, 6) is 0. The Morgan fingerprint density at radius 1 is 0.293 bits per heavy atom. The molecular weight excluding hydrogens is 741 g/mol. The van der Waals surface area contributed by atoms with Crippen molar-refractivity contribution in [3.63, 3.8) is 0 Å². The minimum absolute atomic E-state index is 1.18. The predicted octanol–water partition coefficient (Wildman–Crippen LogP) is 16.0. The van der Waals surface area contributed by atoms with Crippen LogP contribution in [0, 0.1) is 0 Å². The van der Waals surface area contributed by atoms with Crippen molar-refractivity contribution in [3.05, 3.63) is 194 Å². The van der Waals surface area contributed by atoms with E-state index in [1.165, 1.54) is 118 Å². The molecule has 0 bridgehead atoms. The molecule has 58 heavy (non-hydrogen) atoms. The Hall–Kier alpha value is -6.98. The lowest BCUT2D eigenvalue weighted by atomic mass is 9.96. The standard InChI is InChI=1S/C54H32N2S2/c1-2-13-33(14-3-1)34-15-12-16-35(29-34)42-32-44-43-30-36(55-46-21-8-4-17-38(46)39-18-5-9-22-47(39)55)25-27-50(43)57-54(44)52-45-31-37(26-28-51(45)58-53(42)52)56-48-23-10-6-19-40(48)41-20-7-11-24-49(41)56/h1-32H. The van der Waals surface area contributed by atoms with Crippen molar-refractivity contribution in [2.45, 2.75) is 0 Å². The van der Waals surface area contributed by atoms with Crippen LogP contribution in [-0.4, -0.2) is 9.13 Å². The molecule has 0 radical (unpaired) electrons. The summed E-state index contributed by atoms with van der Waals surface area (Å²) in [6.45, 7) is 0. The number of hydrogen-bond donors (Lipinski definition) is 0. The van der Waals surface area contributed by atoms with Gasteiger partial charge in [-0.3, -0.25) is 0 Å². The van der Waals surface area contributed by atoms with Crippen LogP contribution in [0.4, 0.5) is 0 Å². The highest BCUT2D eigenvalue weighted by atomic mass is 32.1. The fourth-order valence-corrected chi connectivity index (χ4v) is 12.1. The van der Waals surface area contributed by atoms with Gasteiger partial charge in [-0.05, 0) is 89.5 Å². The van der Waals surface area contributed by atoms with Crippen LogP contribution in [0.15, 0.2) is 194 Å². The molecule has 9 aromatic carbocycles. The van der Waals surface area contributed by atoms with E-state index in [0.29, 0.717) is 0 Å². The van der Waals surface area contributed by atoms with Crippen molar-refractivity contribution in [2.75, 3.05) is 0 Å². The van der Waals surface area contributed by atoms with Crippen LogP contribution in [0.1, 0.15) is 0 Å². The monoisotopic (exact) mass is 772 g/mol. The van der Waals surface area contributed by atoms with Crippen LogP contribution in [0.3, 0.4) is 0 Å². The summed E-state index contributed by atoms with van der Waals surface area (Å²) in [6, 6.07) is 71.7. The van der Waals surface area contributed by atoms with Crippen LogP contribution < -0.4 is 0 Å². The molecule has 2 nitrogen and oxygen atoms in total. The lowest BCUT2D eigenvalue weighted by Gasteiger charge is -2.10. The second-order valence-corrected chi connectivity index (χ2v) is 17.4. The van der Waals surface area contributed by atoms with Crippen molar-refractivity contribution in [1.29, 1.82) is 0 Å². The molecule has 0 atom stereocenters. The van der Waals surface area contributed by atoms with E-state index in [1.54, 1.807) is 0 Å². The van der Waals surface area contributed by atoms with Crippen molar-refractivity contribution < 1.29 is 0 Å². The maximum Gasteiger partial charge on any atom is 0.0541 e. The number of fused-ring (bicyclic) bond motifs is 13. The Balaban J connectivity index is 1.12. The minimum atomic E-state index is 1.18. The first kappa shape index (κ1) is 32.1. The second-order valence-electron chi connectivity index (χ2n) is 15.3. The van der Waals surface area contributed by atoms with Crippen LogP contribution in [-0.2, 0) is 0 Å². The van der Waals surface area contributed by atoms with Gasteiger partial charge in [-0.1, -0.05) is 121 Å². The molecule has 4 heteroatoms. The van der Waals surface area contributed by atoms with Gasteiger partial charge in [0.15, 0.2) is 0 Å². The number of benzene rings is 9. The molecule has 13 aromatic rings. The number of hydrogen-bond acceptors (Lipinski definition) is 2. The summed E-state index contributed by atoms with van der Waals surface area (Å²) in [7, 11) is 0. The highest BCUT2D eigenvalue weighted by Gasteiger charge is 2.21. The Labute approximate surface area is 341 Å². The molecule has 0 aliphatic carbocycles. The Kier molecular flexibility index (Phi) is 6.79. The summed E-state index contributed by atoms with van der Waals surface area (Å²) in [5.41, 5.74) is 12.2. The number of para-hydroxylation sites is 4. The Morgan fingerprint density at radius 3 is 1.34 bits per heavy atom. The zero-order chi connectivity index (χ0) is 37.9. The van der Waals surface area contributed by atoms with E-state index in [-0.39, 0.29) is 0 Å². The maximum atomic E-state index is 2.49. The first-order chi connectivity index (χ1) is 28.8. The molecule has 270 valence electrons. The van der Waals surface area contributed by atoms with Crippen LogP contribution in [0.5, 0.6) is 0 Å². The molecule has 0 saturated carbocycles. The quantitative estimate of drug-likeness (QED) is 0.169. The molecule has 4 heterocycles. The number of aromatic nitrogens is 2. The first-order valence-electron chi connectivity index (χ1n) is 19.8. The average Bonchev–Trinajstić information content (AvgIpc) is 4.04. The third kappa shape index (κ3) is 4.58. The highest BCUT2D eigenvalue weighted by Crippen LogP contribution is 2.50. The van der Waals surface area contributed by atoms with E-state index in [9.17, 15) is 0 Å². The number of rotatable bonds is 4. The smallest absolute Gasteiger partial charge is 0.0541 e. The van der Waals surface area contributed by atoms with Gasteiger partial charge in [-0.2, -0.15) is 0 Å². The van der Waals surface area contributed by atoms with Crippen molar-refractivity contribution in [1.82, 2.24) is 9.13 Å². The molecule has 13 rings (SSSR count). The molecule has 0 unspecified atom stereocenters. The van der Waals surface area contributed by atoms with E-state index < -0.39 is 0 Å². The van der Waals surface area contributed by atoms with Gasteiger partial charge >= 0.3 is 0 Å². The van der Waals surface area contributed by atoms with E-state index >= 15 is 0 Å². The second kappa shape index (κ2) is 12.3. The molecule has 0 aliphatic rings. The molecule has 4 aromatic heterocycles. The summed E-state index contributed by atoms with van der Waals surface area (Å²) in [6.07, 6.45) is 0. The lowest BCUT2D eigenvalue weighted by Crippen LogP contribution is -1.93. The molecule has 0 amide bonds. The summed E-state index contributed by atoms with van der Waals surface area (Å²) >= 11 is 3.85. The van der Waals surface area contributed by atoms with E-state index in [0.717, 1.165) is 0 Å². The van der Waals surface area contributed by atoms with Gasteiger partial charge in [-0.25, -0.2) is 0 Å². The zero-order valence-corrected chi connectivity index (χ0v) is 32.8. The molecule has 0 fully saturated rings. The average molecular weight is 773 g/mol. The lowest BCUT2D eigenvalue weighted by molar-refractivity contribution is 1.19. The summed E-state index contributed by atoms with van der Waals surface area (Å²) < 4.78 is 10.2. The third-order valence-corrected chi connectivity index (χ3v) is 14.5. The number of thiophene rings is 2. The SMILES string of the molecule is c1ccc(-c2cccc(-c3cc4c5cc(-n6c7ccccc7c7ccccc76)ccc5sc4c4c3sc3ccc(-n5c6ccccc6c6ccccc65)cc34)c2)cc1. The fraction of sp³-hybridized carbons (Fsp3) is 0. The maximum absolute atomic E-state index is 2.49. The largest absolute Gasteiger partial charge is 0.309 e. The van der Waals surface area contributed by atoms with E-state index in [1.807, 2.05) is 22.7 Å². The molecule has 0 spiro atoms. The van der Waals surface area contributed by atoms with Crippen LogP contribution >= 0.6 is 22.7 Å². The van der Waals surface area contributed by atoms with Gasteiger partial charge in [0.25, 0.3) is 0 Å². The topological polar surface area (TPSA) is 9.86 Å². The van der Waals surface area contributed by atoms with Gasteiger partial charge in [0.2, 0.25) is 0 Å². The van der Waals surface area contributed by atoms with Gasteiger partial charge < -0.3 is 9.13 Å². The first-order valence-corrected chi connectivity index (χ1v) is 21.4. The fourth-order valence-electron chi connectivity index (χ4n) is 9.54. The Morgan fingerprint density at radius 2 is 0.759 bits per heavy atom. The molecule has 0 saturated heterocycles. The molecule has 0 aliphatic heterocycles. The zero-order valence-electron chi connectivity index (χ0n) is 31.2. The van der Waals surface area contributed by atoms with Gasteiger partial charge in [0, 0.05) is 78.8 Å². The highest BCUT2D eigenvalue weighted by molar-refractivity contribution is 7.30. The van der Waals surface area contributed by atoms with Gasteiger partial charge in [0.05, 0.1) is 22.1 Å². The van der Waals surface area contributed by atoms with Crippen molar-refractivity contribution in [2.24, 2.45) is 0 Å². The minimum Gasteiger partial charge on any atom is -0.309 e. The molecule has 0 N–H and O–H groups in total. The van der Waals surface area contributed by atoms with Crippen LogP contribution in [0.25, 0.3) is 118 Å². The van der Waals surface area contributed by atoms with Gasteiger partial charge in [-0.15, -0.1) is 22.7 Å². The number of nitrogens with zero attached hydrogens (tertiary/aromatic N) is 2. The molecular formula is C54H32N2S2. The van der Waals surface area contributed by atoms with E-state index in [2.05, 4.69) is 203 Å². The van der Waals surface area contributed by atoms with Gasteiger partial charge in [0.1, 0.15) is 0 Å². The van der Waals surface area contributed by atoms with E-state index in [4.69, 9.17) is 0 Å². The van der Waals surface area contributed by atoms with Crippen molar-refractivity contribution >= 4 is 107 Å². The van der Waals surface area contributed by atoms with Crippen molar-refractivity contribution in [3.8, 4) is 33.6 Å². The third-order valence-electron chi connectivity index (χ3n) is 12.1. The van der Waals surface area contributed by atoms with Crippen LogP contribution in [0.2, 0.25) is 0 Å². The normalized spacial score (nSPS) is 12.1. The Bertz CT molecular complexity index is 3690. The summed E-state index contributed by atoms with van der Waals surface area (Å²) in [5, 5.41) is 10.4. The summed E-state index contributed by atoms with van der Waals surface area (Å²) in [4.78, 5) is 0. The predicted molar refractivity (Wildman–Crippen MR) is 252 cm³/mol.